The van der Waals surface area contributed by atoms with E-state index in [4.69, 9.17) is 36.0 Å². The number of methoxy groups -OCH3 is 1. The molecular formula is C42H53Cl2F7N8O9S2. The number of nitrogen functional groups attached to an aromatic ring is 2. The molecular weight excluding hydrogens is 1030 g/mol. The molecule has 0 atom stereocenters. The van der Waals surface area contributed by atoms with Gasteiger partial charge in [-0.3, -0.25) is 4.72 Å². The van der Waals surface area contributed by atoms with Crippen molar-refractivity contribution in [3.63, 3.8) is 0 Å². The Morgan fingerprint density at radius 2 is 1.14 bits per heavy atom. The maximum Gasteiger partial charge on any atom is 0.490 e. The fourth-order valence-corrected chi connectivity index (χ4v) is 9.52. The van der Waals surface area contributed by atoms with Crippen molar-refractivity contribution >= 4 is 85.2 Å². The summed E-state index contributed by atoms with van der Waals surface area (Å²) in [6.45, 7) is 8.06. The standard InChI is InChI=1S/C20H26N4O2S.C18H23FN4O3S.2C2HF3O2.2ClH/c21-19-14-18(6-7-20(19)23-11-3-9-22-10-13-23)27(25,26)24-12-8-16-4-1-2-5-17(16)15-24;1-26-18-14(19)4-2-5-16(18)22-27(24,25)13-6-7-17(15(20)12-13)23-10-3-8-21-9-11-23;2*3-2(4,5)1(6)7;;/h1-2,4-7,14,22H,3,8-13,15,21H2;2,4-7,12,21-22H,3,8-11,20H2,1H3;2*(H,6,7);2*1H. The molecule has 0 aromatic heterocycles. The molecule has 9 N–H and O–H groups in total. The number of benzene rings is 4. The summed E-state index contributed by atoms with van der Waals surface area (Å²) in [6.07, 6.45) is -7.39. The molecule has 0 saturated carbocycles. The molecule has 7 rings (SSSR count). The second-order valence-electron chi connectivity index (χ2n) is 15.0. The predicted octanol–water partition coefficient (Wildman–Crippen LogP) is 5.94. The number of carbonyl (C=O) groups is 2. The zero-order valence-electron chi connectivity index (χ0n) is 37.2. The van der Waals surface area contributed by atoms with E-state index in [0.29, 0.717) is 24.5 Å². The van der Waals surface area contributed by atoms with E-state index in [1.165, 1.54) is 43.0 Å². The second kappa shape index (κ2) is 26.6. The smallest absolute Gasteiger partial charge is 0.490 e. The van der Waals surface area contributed by atoms with E-state index in [0.717, 1.165) is 88.6 Å². The highest BCUT2D eigenvalue weighted by atomic mass is 35.5. The topological polar surface area (TPSA) is 250 Å². The van der Waals surface area contributed by atoms with Crippen LogP contribution in [-0.4, -0.2) is 122 Å². The van der Waals surface area contributed by atoms with Crippen LogP contribution in [0.1, 0.15) is 24.0 Å². The van der Waals surface area contributed by atoms with E-state index in [1.54, 1.807) is 22.5 Å². The molecule has 3 aliphatic rings. The van der Waals surface area contributed by atoms with E-state index in [9.17, 15) is 47.6 Å². The van der Waals surface area contributed by atoms with Crippen LogP contribution in [0.5, 0.6) is 5.75 Å². The van der Waals surface area contributed by atoms with Crippen LogP contribution in [0, 0.1) is 5.82 Å². The molecule has 0 aliphatic carbocycles. The first-order valence-electron chi connectivity index (χ1n) is 20.6. The molecule has 4 aromatic carbocycles. The highest BCUT2D eigenvalue weighted by Crippen LogP contribution is 2.33. The van der Waals surface area contributed by atoms with Crippen LogP contribution >= 0.6 is 24.8 Å². The fourth-order valence-electron chi connectivity index (χ4n) is 6.97. The van der Waals surface area contributed by atoms with E-state index in [2.05, 4.69) is 31.2 Å². The molecule has 0 amide bonds. The minimum atomic E-state index is -5.08. The van der Waals surface area contributed by atoms with Gasteiger partial charge in [0.2, 0.25) is 10.0 Å². The Bertz CT molecular complexity index is 2560. The minimum Gasteiger partial charge on any atom is -0.492 e. The average Bonchev–Trinajstić information content (AvgIpc) is 3.73. The number of carboxylic acid groups (broad SMARTS) is 2. The Morgan fingerprint density at radius 1 is 0.671 bits per heavy atom. The minimum absolute atomic E-state index is 0. The molecule has 390 valence electrons. The second-order valence-corrected chi connectivity index (χ2v) is 18.6. The van der Waals surface area contributed by atoms with Gasteiger partial charge in [-0.05, 0) is 92.0 Å². The largest absolute Gasteiger partial charge is 0.492 e. The van der Waals surface area contributed by atoms with Gasteiger partial charge in [-0.15, -0.1) is 24.8 Å². The number of hydrogen-bond donors (Lipinski definition) is 7. The van der Waals surface area contributed by atoms with Gasteiger partial charge in [-0.25, -0.2) is 30.8 Å². The number of nitrogens with one attached hydrogen (secondary N) is 3. The Balaban J connectivity index is 0.000000370. The van der Waals surface area contributed by atoms with Crippen molar-refractivity contribution in [1.29, 1.82) is 0 Å². The quantitative estimate of drug-likeness (QED) is 0.0797. The lowest BCUT2D eigenvalue weighted by Crippen LogP contribution is -2.36. The fraction of sp³-hybridized carbons (Fsp3) is 0.381. The molecule has 2 fully saturated rings. The predicted molar refractivity (Wildman–Crippen MR) is 254 cm³/mol. The lowest BCUT2D eigenvalue weighted by atomic mass is 10.0. The third kappa shape index (κ3) is 17.1. The van der Waals surface area contributed by atoms with Crippen LogP contribution in [0.2, 0.25) is 0 Å². The summed E-state index contributed by atoms with van der Waals surface area (Å²) in [6, 6.07) is 21.8. The first kappa shape index (κ1) is 60.6. The van der Waals surface area contributed by atoms with Crippen molar-refractivity contribution in [3.8, 4) is 5.75 Å². The summed E-state index contributed by atoms with van der Waals surface area (Å²) >= 11 is 0. The van der Waals surface area contributed by atoms with Gasteiger partial charge >= 0.3 is 24.3 Å². The Labute approximate surface area is 412 Å². The van der Waals surface area contributed by atoms with Gasteiger partial charge in [0.15, 0.2) is 11.6 Å². The molecule has 28 heteroatoms. The van der Waals surface area contributed by atoms with E-state index < -0.39 is 50.2 Å². The van der Waals surface area contributed by atoms with Crippen molar-refractivity contribution in [2.45, 2.75) is 48.0 Å². The number of ether oxygens (including phenoxy) is 1. The molecule has 0 unspecified atom stereocenters. The van der Waals surface area contributed by atoms with Crippen LogP contribution < -0.4 is 41.4 Å². The summed E-state index contributed by atoms with van der Waals surface area (Å²) in [5.41, 5.74) is 17.4. The molecule has 3 heterocycles. The zero-order valence-corrected chi connectivity index (χ0v) is 40.5. The normalized spacial score (nSPS) is 15.4. The first-order chi connectivity index (χ1) is 31.9. The number of alkyl halides is 6. The van der Waals surface area contributed by atoms with Crippen molar-refractivity contribution in [2.24, 2.45) is 0 Å². The first-order valence-corrected chi connectivity index (χ1v) is 23.5. The van der Waals surface area contributed by atoms with Crippen LogP contribution in [0.3, 0.4) is 0 Å². The van der Waals surface area contributed by atoms with Crippen LogP contribution in [0.25, 0.3) is 0 Å². The number of aliphatic carboxylic acids is 2. The summed E-state index contributed by atoms with van der Waals surface area (Å²) in [4.78, 5) is 22.4. The van der Waals surface area contributed by atoms with Crippen molar-refractivity contribution in [3.05, 3.63) is 95.8 Å². The van der Waals surface area contributed by atoms with Gasteiger partial charge in [0.25, 0.3) is 10.0 Å². The van der Waals surface area contributed by atoms with Gasteiger partial charge < -0.3 is 46.9 Å². The van der Waals surface area contributed by atoms with Gasteiger partial charge in [-0.1, -0.05) is 30.3 Å². The summed E-state index contributed by atoms with van der Waals surface area (Å²) in [7, 11) is -6.23. The number of anilines is 5. The third-order valence-electron chi connectivity index (χ3n) is 10.3. The molecule has 17 nitrogen and oxygen atoms in total. The van der Waals surface area contributed by atoms with Crippen molar-refractivity contribution in [2.75, 3.05) is 92.0 Å². The maximum atomic E-state index is 13.8. The number of para-hydroxylation sites is 1. The van der Waals surface area contributed by atoms with Crippen LogP contribution in [0.15, 0.2) is 88.7 Å². The number of nitrogens with zero attached hydrogens (tertiary/aromatic N) is 3. The molecule has 4 aromatic rings. The number of fused-ring (bicyclic) bond motifs is 1. The van der Waals surface area contributed by atoms with Crippen LogP contribution in [0.4, 0.5) is 59.2 Å². The van der Waals surface area contributed by atoms with E-state index in [-0.39, 0.29) is 46.0 Å². The molecule has 0 bridgehead atoms. The van der Waals surface area contributed by atoms with Gasteiger partial charge in [0, 0.05) is 52.4 Å². The number of carboxylic acids is 2. The molecule has 0 spiro atoms. The number of hydrogen-bond acceptors (Lipinski definition) is 13. The van der Waals surface area contributed by atoms with E-state index in [1.807, 2.05) is 24.3 Å². The zero-order chi connectivity index (χ0) is 50.5. The average molecular weight is 1080 g/mol. The van der Waals surface area contributed by atoms with Crippen molar-refractivity contribution in [1.82, 2.24) is 14.9 Å². The summed E-state index contributed by atoms with van der Waals surface area (Å²) in [5.74, 6) is -6.33. The van der Waals surface area contributed by atoms with Gasteiger partial charge in [0.1, 0.15) is 0 Å². The number of nitrogens with two attached hydrogens (primary N) is 2. The monoisotopic (exact) mass is 1080 g/mol. The molecule has 3 aliphatic heterocycles. The van der Waals surface area contributed by atoms with Gasteiger partial charge in [0.05, 0.1) is 45.3 Å². The Kier molecular flexibility index (Phi) is 23.1. The SMILES string of the molecule is COc1c(F)cccc1NS(=O)(=O)c1ccc(N2CCCNCC2)c(N)c1.Cl.Cl.Nc1cc(S(=O)(=O)N2CCc3ccccc3C2)ccc1N1CCCNCC1.O=C(O)C(F)(F)F.O=C(O)C(F)(F)F. The molecule has 70 heavy (non-hydrogen) atoms. The summed E-state index contributed by atoms with van der Waals surface area (Å²) < 4.78 is 138. The molecule has 2 saturated heterocycles. The summed E-state index contributed by atoms with van der Waals surface area (Å²) in [5, 5.41) is 20.9. The lowest BCUT2D eigenvalue weighted by Gasteiger charge is -2.29. The number of sulfonamides is 2. The highest BCUT2D eigenvalue weighted by molar-refractivity contribution is 7.92. The molecule has 0 radical (unpaired) electrons. The third-order valence-corrected chi connectivity index (χ3v) is 13.5. The number of halogens is 9. The van der Waals surface area contributed by atoms with Crippen molar-refractivity contribution < 1.29 is 72.1 Å². The lowest BCUT2D eigenvalue weighted by molar-refractivity contribution is -0.193. The van der Waals surface area contributed by atoms with Crippen LogP contribution in [-0.2, 0) is 42.6 Å². The number of rotatable bonds is 8. The highest BCUT2D eigenvalue weighted by Gasteiger charge is 2.39. The maximum absolute atomic E-state index is 13.8. The Hall–Kier alpha value is -5.51. The van der Waals surface area contributed by atoms with E-state index >= 15 is 0 Å². The van der Waals surface area contributed by atoms with Gasteiger partial charge in [-0.2, -0.15) is 30.6 Å². The Morgan fingerprint density at radius 3 is 1.61 bits per heavy atom.